The summed E-state index contributed by atoms with van der Waals surface area (Å²) in [5.41, 5.74) is 1.04. The maximum atomic E-state index is 13.3. The van der Waals surface area contributed by atoms with E-state index in [9.17, 15) is 9.59 Å². The van der Waals surface area contributed by atoms with Gasteiger partial charge in [0.25, 0.3) is 5.91 Å². The fraction of sp³-hybridized carbons (Fsp3) is 0.500. The minimum absolute atomic E-state index is 0.0483. The van der Waals surface area contributed by atoms with Crippen molar-refractivity contribution in [3.63, 3.8) is 0 Å². The average Bonchev–Trinajstić information content (AvgIpc) is 2.84. The standard InChI is InChI=1S/C26H33ClN4O3/c1-20-5-4-10-28-24(20)25(33)31-11-8-26(9-12-31,19-34-22-7-3-6-21(27)17-22)18-23(32)30-15-13-29(2)14-16-30/h3-7,10,17H,8-9,11-16,18-19H2,1-2H3. The monoisotopic (exact) mass is 484 g/mol. The van der Waals surface area contributed by atoms with Crippen molar-refractivity contribution in [1.82, 2.24) is 19.7 Å². The molecule has 1 aromatic heterocycles. The van der Waals surface area contributed by atoms with Gasteiger partial charge < -0.3 is 19.4 Å². The highest BCUT2D eigenvalue weighted by atomic mass is 35.5. The first-order chi connectivity index (χ1) is 16.3. The van der Waals surface area contributed by atoms with E-state index in [4.69, 9.17) is 16.3 Å². The van der Waals surface area contributed by atoms with E-state index in [1.165, 1.54) is 0 Å². The average molecular weight is 485 g/mol. The zero-order valence-electron chi connectivity index (χ0n) is 20.0. The summed E-state index contributed by atoms with van der Waals surface area (Å²) in [4.78, 5) is 36.7. The largest absolute Gasteiger partial charge is 0.493 e. The highest BCUT2D eigenvalue weighted by molar-refractivity contribution is 6.30. The quantitative estimate of drug-likeness (QED) is 0.627. The molecule has 1 aromatic carbocycles. The topological polar surface area (TPSA) is 66.0 Å². The number of aryl methyl sites for hydroxylation is 1. The Balaban J connectivity index is 1.46. The molecule has 4 rings (SSSR count). The van der Waals surface area contributed by atoms with Gasteiger partial charge in [0, 0.05) is 62.3 Å². The van der Waals surface area contributed by atoms with Crippen molar-refractivity contribution in [1.29, 1.82) is 0 Å². The molecule has 2 aromatic rings. The lowest BCUT2D eigenvalue weighted by Gasteiger charge is -2.42. The van der Waals surface area contributed by atoms with Crippen LogP contribution in [0.4, 0.5) is 0 Å². The number of carbonyl (C=O) groups excluding carboxylic acids is 2. The van der Waals surface area contributed by atoms with Gasteiger partial charge in [-0.05, 0) is 56.6 Å². The van der Waals surface area contributed by atoms with Gasteiger partial charge in [0.15, 0.2) is 0 Å². The molecular formula is C26H33ClN4O3. The molecule has 2 aliphatic heterocycles. The minimum Gasteiger partial charge on any atom is -0.493 e. The lowest BCUT2D eigenvalue weighted by atomic mass is 9.75. The Morgan fingerprint density at radius 1 is 1.03 bits per heavy atom. The van der Waals surface area contributed by atoms with E-state index in [0.717, 1.165) is 31.7 Å². The van der Waals surface area contributed by atoms with Gasteiger partial charge in [-0.15, -0.1) is 0 Å². The fourth-order valence-electron chi connectivity index (χ4n) is 4.70. The molecule has 34 heavy (non-hydrogen) atoms. The Bertz CT molecular complexity index is 1010. The number of carbonyl (C=O) groups is 2. The second kappa shape index (κ2) is 10.7. The number of amides is 2. The molecule has 0 bridgehead atoms. The third kappa shape index (κ3) is 5.88. The molecular weight excluding hydrogens is 452 g/mol. The number of piperazine rings is 1. The van der Waals surface area contributed by atoms with Crippen molar-refractivity contribution in [3.05, 3.63) is 58.9 Å². The molecule has 2 aliphatic rings. The zero-order chi connectivity index (χ0) is 24.1. The van der Waals surface area contributed by atoms with Crippen LogP contribution in [-0.2, 0) is 4.79 Å². The Morgan fingerprint density at radius 2 is 1.76 bits per heavy atom. The summed E-state index contributed by atoms with van der Waals surface area (Å²) in [6.45, 7) is 6.76. The van der Waals surface area contributed by atoms with E-state index in [1.807, 2.05) is 47.1 Å². The first-order valence-electron chi connectivity index (χ1n) is 11.9. The molecule has 0 atom stereocenters. The summed E-state index contributed by atoms with van der Waals surface area (Å²) < 4.78 is 6.16. The molecule has 0 aliphatic carbocycles. The first-order valence-corrected chi connectivity index (χ1v) is 12.3. The van der Waals surface area contributed by atoms with Crippen molar-refractivity contribution in [2.75, 3.05) is 52.9 Å². The minimum atomic E-state index is -0.335. The molecule has 0 unspecified atom stereocenters. The lowest BCUT2D eigenvalue weighted by molar-refractivity contribution is -0.136. The van der Waals surface area contributed by atoms with Crippen molar-refractivity contribution in [3.8, 4) is 5.75 Å². The number of hydrogen-bond donors (Lipinski definition) is 0. The number of rotatable bonds is 6. The van der Waals surface area contributed by atoms with Gasteiger partial charge in [0.05, 0.1) is 6.61 Å². The van der Waals surface area contributed by atoms with Crippen molar-refractivity contribution < 1.29 is 14.3 Å². The van der Waals surface area contributed by atoms with Crippen LogP contribution < -0.4 is 4.74 Å². The third-order valence-electron chi connectivity index (χ3n) is 7.05. The second-order valence-electron chi connectivity index (χ2n) is 9.57. The number of pyridine rings is 1. The predicted octanol–water partition coefficient (Wildman–Crippen LogP) is 3.51. The molecule has 2 saturated heterocycles. The highest BCUT2D eigenvalue weighted by Gasteiger charge is 2.40. The van der Waals surface area contributed by atoms with E-state index < -0.39 is 0 Å². The van der Waals surface area contributed by atoms with Crippen molar-refractivity contribution in [2.45, 2.75) is 26.2 Å². The molecule has 182 valence electrons. The van der Waals surface area contributed by atoms with Crippen LogP contribution in [-0.4, -0.2) is 84.4 Å². The number of hydrogen-bond acceptors (Lipinski definition) is 5. The SMILES string of the molecule is Cc1cccnc1C(=O)N1CCC(COc2cccc(Cl)c2)(CC(=O)N2CCN(C)CC2)CC1. The number of halogens is 1. The second-order valence-corrected chi connectivity index (χ2v) is 10.0. The van der Waals surface area contributed by atoms with E-state index in [1.54, 1.807) is 12.3 Å². The normalized spacial score (nSPS) is 18.6. The van der Waals surface area contributed by atoms with Crippen LogP contribution in [0.2, 0.25) is 5.02 Å². The van der Waals surface area contributed by atoms with Crippen molar-refractivity contribution in [2.24, 2.45) is 5.41 Å². The van der Waals surface area contributed by atoms with Gasteiger partial charge in [-0.1, -0.05) is 23.7 Å². The molecule has 8 heteroatoms. The smallest absolute Gasteiger partial charge is 0.272 e. The summed E-state index contributed by atoms with van der Waals surface area (Å²) in [6, 6.07) is 11.1. The molecule has 0 spiro atoms. The van der Waals surface area contributed by atoms with Crippen LogP contribution in [0, 0.1) is 12.3 Å². The van der Waals surface area contributed by atoms with Gasteiger partial charge in [-0.2, -0.15) is 0 Å². The molecule has 3 heterocycles. The Hall–Kier alpha value is -2.64. The van der Waals surface area contributed by atoms with E-state index in [0.29, 0.717) is 55.4 Å². The van der Waals surface area contributed by atoms with Crippen molar-refractivity contribution >= 4 is 23.4 Å². The molecule has 7 nitrogen and oxygen atoms in total. The summed E-state index contributed by atoms with van der Waals surface area (Å²) >= 11 is 6.13. The van der Waals surface area contributed by atoms with Gasteiger partial charge in [0.1, 0.15) is 11.4 Å². The van der Waals surface area contributed by atoms with Crippen LogP contribution in [0.15, 0.2) is 42.6 Å². The lowest BCUT2D eigenvalue weighted by Crippen LogP contribution is -2.51. The number of nitrogens with zero attached hydrogens (tertiary/aromatic N) is 4. The summed E-state index contributed by atoms with van der Waals surface area (Å²) in [6.07, 6.45) is 3.47. The number of ether oxygens (including phenoxy) is 1. The molecule has 0 radical (unpaired) electrons. The number of benzene rings is 1. The zero-order valence-corrected chi connectivity index (χ0v) is 20.8. The number of aromatic nitrogens is 1. The van der Waals surface area contributed by atoms with Gasteiger partial charge in [-0.25, -0.2) is 0 Å². The van der Waals surface area contributed by atoms with E-state index >= 15 is 0 Å². The highest BCUT2D eigenvalue weighted by Crippen LogP contribution is 2.37. The summed E-state index contributed by atoms with van der Waals surface area (Å²) in [5.74, 6) is 0.817. The van der Waals surface area contributed by atoms with Crippen LogP contribution in [0.25, 0.3) is 0 Å². The van der Waals surface area contributed by atoms with Crippen LogP contribution >= 0.6 is 11.6 Å². The maximum Gasteiger partial charge on any atom is 0.272 e. The van der Waals surface area contributed by atoms with Crippen LogP contribution in [0.3, 0.4) is 0 Å². The van der Waals surface area contributed by atoms with Gasteiger partial charge >= 0.3 is 0 Å². The molecule has 0 N–H and O–H groups in total. The van der Waals surface area contributed by atoms with E-state index in [2.05, 4.69) is 16.9 Å². The van der Waals surface area contributed by atoms with Crippen LogP contribution in [0.1, 0.15) is 35.3 Å². The van der Waals surface area contributed by atoms with Gasteiger partial charge in [-0.3, -0.25) is 14.6 Å². The van der Waals surface area contributed by atoms with E-state index in [-0.39, 0.29) is 17.2 Å². The summed E-state index contributed by atoms with van der Waals surface area (Å²) in [7, 11) is 2.08. The first kappa shape index (κ1) is 24.5. The number of piperidine rings is 1. The Morgan fingerprint density at radius 3 is 2.44 bits per heavy atom. The molecule has 2 amide bonds. The Labute approximate surface area is 206 Å². The van der Waals surface area contributed by atoms with Gasteiger partial charge in [0.2, 0.25) is 5.91 Å². The molecule has 2 fully saturated rings. The molecule has 0 saturated carbocycles. The number of likely N-dealkylation sites (tertiary alicyclic amines) is 1. The predicted molar refractivity (Wildman–Crippen MR) is 132 cm³/mol. The Kier molecular flexibility index (Phi) is 7.73. The maximum absolute atomic E-state index is 13.3. The third-order valence-corrected chi connectivity index (χ3v) is 7.28. The summed E-state index contributed by atoms with van der Waals surface area (Å²) in [5, 5.41) is 0.617. The van der Waals surface area contributed by atoms with Crippen LogP contribution in [0.5, 0.6) is 5.75 Å². The fourth-order valence-corrected chi connectivity index (χ4v) is 4.88. The number of likely N-dealkylation sites (N-methyl/N-ethyl adjacent to an activating group) is 1.